The van der Waals surface area contributed by atoms with E-state index in [0.29, 0.717) is 26.0 Å². The molecular formula is C9H17NO3. The topological polar surface area (TPSA) is 58.6 Å². The van der Waals surface area contributed by atoms with Gasteiger partial charge in [0.15, 0.2) is 0 Å². The van der Waals surface area contributed by atoms with Crippen molar-refractivity contribution in [1.82, 2.24) is 5.32 Å². The molecule has 1 amide bonds. The lowest BCUT2D eigenvalue weighted by Gasteiger charge is -2.06. The molecule has 0 aliphatic rings. The van der Waals surface area contributed by atoms with Crippen LogP contribution in [-0.2, 0) is 4.74 Å². The van der Waals surface area contributed by atoms with E-state index in [4.69, 9.17) is 5.11 Å². The summed E-state index contributed by atoms with van der Waals surface area (Å²) in [6, 6.07) is 0. The number of rotatable bonds is 6. The molecule has 4 nitrogen and oxygen atoms in total. The van der Waals surface area contributed by atoms with Crippen LogP contribution in [0, 0.1) is 0 Å². The minimum Gasteiger partial charge on any atom is -0.450 e. The summed E-state index contributed by atoms with van der Waals surface area (Å²) in [5.74, 6) is 0. The first kappa shape index (κ1) is 12.0. The molecule has 0 heterocycles. The van der Waals surface area contributed by atoms with Crippen LogP contribution in [0.25, 0.3) is 0 Å². The van der Waals surface area contributed by atoms with Gasteiger partial charge in [0.25, 0.3) is 0 Å². The van der Waals surface area contributed by atoms with Crippen LogP contribution in [0.3, 0.4) is 0 Å². The van der Waals surface area contributed by atoms with Crippen LogP contribution in [0.4, 0.5) is 4.79 Å². The Balaban J connectivity index is 3.25. The van der Waals surface area contributed by atoms with Gasteiger partial charge in [-0.15, -0.1) is 6.58 Å². The number of aliphatic hydroxyl groups excluding tert-OH is 1. The first-order chi connectivity index (χ1) is 6.20. The van der Waals surface area contributed by atoms with Gasteiger partial charge in [-0.3, -0.25) is 0 Å². The lowest BCUT2D eigenvalue weighted by atomic mass is 10.2. The normalized spacial score (nSPS) is 11.8. The molecule has 0 fully saturated rings. The van der Waals surface area contributed by atoms with Gasteiger partial charge in [-0.1, -0.05) is 6.08 Å². The fourth-order valence-electron chi connectivity index (χ4n) is 0.802. The average molecular weight is 187 g/mol. The van der Waals surface area contributed by atoms with Gasteiger partial charge < -0.3 is 15.2 Å². The van der Waals surface area contributed by atoms with E-state index in [2.05, 4.69) is 16.6 Å². The number of carbonyl (C=O) groups excluding carboxylic acids is 1. The highest BCUT2D eigenvalue weighted by Gasteiger charge is 2.00. The van der Waals surface area contributed by atoms with Crippen LogP contribution in [-0.4, -0.2) is 30.5 Å². The minimum absolute atomic E-state index is 0.376. The maximum absolute atomic E-state index is 10.7. The van der Waals surface area contributed by atoms with Crippen molar-refractivity contribution in [1.29, 1.82) is 0 Å². The van der Waals surface area contributed by atoms with E-state index in [-0.39, 0.29) is 0 Å². The second kappa shape index (κ2) is 7.61. The molecule has 0 saturated heterocycles. The fraction of sp³-hybridized carbons (Fsp3) is 0.667. The van der Waals surface area contributed by atoms with E-state index in [0.717, 1.165) is 0 Å². The third-order valence-corrected chi connectivity index (χ3v) is 1.49. The first-order valence-corrected chi connectivity index (χ1v) is 4.42. The summed E-state index contributed by atoms with van der Waals surface area (Å²) in [5, 5.41) is 11.6. The predicted octanol–water partition coefficient (Wildman–Crippen LogP) is 1.06. The quantitative estimate of drug-likeness (QED) is 0.483. The van der Waals surface area contributed by atoms with E-state index in [1.54, 1.807) is 6.92 Å². The van der Waals surface area contributed by atoms with Crippen molar-refractivity contribution in [2.24, 2.45) is 0 Å². The van der Waals surface area contributed by atoms with Gasteiger partial charge in [0.2, 0.25) is 0 Å². The lowest BCUT2D eigenvalue weighted by Crippen LogP contribution is -2.25. The number of hydrogen-bond acceptors (Lipinski definition) is 3. The van der Waals surface area contributed by atoms with Crippen molar-refractivity contribution in [2.75, 3.05) is 13.2 Å². The molecule has 4 heteroatoms. The molecule has 76 valence electrons. The molecule has 13 heavy (non-hydrogen) atoms. The molecule has 0 aromatic rings. The third-order valence-electron chi connectivity index (χ3n) is 1.49. The van der Waals surface area contributed by atoms with Gasteiger partial charge in [0.05, 0.1) is 12.7 Å². The summed E-state index contributed by atoms with van der Waals surface area (Å²) in [7, 11) is 0. The fourth-order valence-corrected chi connectivity index (χ4v) is 0.802. The highest BCUT2D eigenvalue weighted by atomic mass is 16.5. The molecule has 1 unspecified atom stereocenters. The number of carbonyl (C=O) groups is 1. The van der Waals surface area contributed by atoms with Gasteiger partial charge in [-0.2, -0.15) is 0 Å². The Morgan fingerprint density at radius 2 is 2.46 bits per heavy atom. The molecule has 0 spiro atoms. The van der Waals surface area contributed by atoms with Crippen molar-refractivity contribution < 1.29 is 14.6 Å². The van der Waals surface area contributed by atoms with Gasteiger partial charge >= 0.3 is 6.09 Å². The molecule has 0 radical (unpaired) electrons. The maximum atomic E-state index is 10.7. The van der Waals surface area contributed by atoms with Crippen LogP contribution in [0.2, 0.25) is 0 Å². The standard InChI is InChI=1S/C9H17NO3/c1-3-8(11)6-5-7-10-9(12)13-4-2/h3,8,11H,1,4-7H2,2H3,(H,10,12). The zero-order chi connectivity index (χ0) is 10.1. The molecule has 0 saturated carbocycles. The largest absolute Gasteiger partial charge is 0.450 e. The number of amides is 1. The molecular weight excluding hydrogens is 170 g/mol. The van der Waals surface area contributed by atoms with Crippen LogP contribution >= 0.6 is 0 Å². The van der Waals surface area contributed by atoms with Crippen molar-refractivity contribution in [3.05, 3.63) is 12.7 Å². The van der Waals surface area contributed by atoms with E-state index in [9.17, 15) is 4.79 Å². The molecule has 0 rings (SSSR count). The van der Waals surface area contributed by atoms with E-state index in [1.165, 1.54) is 6.08 Å². The molecule has 1 atom stereocenters. The highest BCUT2D eigenvalue weighted by molar-refractivity contribution is 5.66. The second-order valence-corrected chi connectivity index (χ2v) is 2.59. The summed E-state index contributed by atoms with van der Waals surface area (Å²) in [6.07, 6.45) is 1.91. The first-order valence-electron chi connectivity index (χ1n) is 4.42. The highest BCUT2D eigenvalue weighted by Crippen LogP contribution is 1.95. The minimum atomic E-state index is -0.482. The summed E-state index contributed by atoms with van der Waals surface area (Å²) in [5.41, 5.74) is 0. The Morgan fingerprint density at radius 3 is 3.00 bits per heavy atom. The Labute approximate surface area is 78.6 Å². The van der Waals surface area contributed by atoms with Gasteiger partial charge in [-0.05, 0) is 19.8 Å². The van der Waals surface area contributed by atoms with E-state index in [1.807, 2.05) is 0 Å². The number of aliphatic hydroxyl groups is 1. The number of ether oxygens (including phenoxy) is 1. The van der Waals surface area contributed by atoms with Gasteiger partial charge in [-0.25, -0.2) is 4.79 Å². The molecule has 0 aliphatic carbocycles. The Kier molecular flexibility index (Phi) is 7.01. The van der Waals surface area contributed by atoms with Crippen molar-refractivity contribution in [2.45, 2.75) is 25.9 Å². The molecule has 2 N–H and O–H groups in total. The number of alkyl carbamates (subject to hydrolysis) is 1. The van der Waals surface area contributed by atoms with Crippen LogP contribution in [0.5, 0.6) is 0 Å². The monoisotopic (exact) mass is 187 g/mol. The number of hydrogen-bond donors (Lipinski definition) is 2. The van der Waals surface area contributed by atoms with Gasteiger partial charge in [0, 0.05) is 6.54 Å². The molecule has 0 aromatic carbocycles. The zero-order valence-electron chi connectivity index (χ0n) is 7.95. The van der Waals surface area contributed by atoms with Crippen molar-refractivity contribution >= 4 is 6.09 Å². The average Bonchev–Trinajstić information content (AvgIpc) is 2.12. The molecule has 0 bridgehead atoms. The summed E-state index contributed by atoms with van der Waals surface area (Å²) >= 11 is 0. The Morgan fingerprint density at radius 1 is 1.77 bits per heavy atom. The smallest absolute Gasteiger partial charge is 0.407 e. The molecule has 0 aliphatic heterocycles. The van der Waals surface area contributed by atoms with E-state index >= 15 is 0 Å². The molecule has 0 aromatic heterocycles. The number of nitrogens with one attached hydrogen (secondary N) is 1. The summed E-state index contributed by atoms with van der Waals surface area (Å²) in [4.78, 5) is 10.7. The Hall–Kier alpha value is -1.03. The summed E-state index contributed by atoms with van der Waals surface area (Å²) < 4.78 is 4.64. The van der Waals surface area contributed by atoms with Crippen LogP contribution < -0.4 is 5.32 Å². The van der Waals surface area contributed by atoms with E-state index < -0.39 is 12.2 Å². The SMILES string of the molecule is C=CC(O)CCCNC(=O)OCC. The predicted molar refractivity (Wildman–Crippen MR) is 50.5 cm³/mol. The summed E-state index contributed by atoms with van der Waals surface area (Å²) in [6.45, 7) is 6.09. The van der Waals surface area contributed by atoms with Crippen LogP contribution in [0.15, 0.2) is 12.7 Å². The second-order valence-electron chi connectivity index (χ2n) is 2.59. The van der Waals surface area contributed by atoms with Crippen molar-refractivity contribution in [3.63, 3.8) is 0 Å². The maximum Gasteiger partial charge on any atom is 0.407 e. The lowest BCUT2D eigenvalue weighted by molar-refractivity contribution is 0.151. The zero-order valence-corrected chi connectivity index (χ0v) is 7.95. The van der Waals surface area contributed by atoms with Gasteiger partial charge in [0.1, 0.15) is 0 Å². The van der Waals surface area contributed by atoms with Crippen molar-refractivity contribution in [3.8, 4) is 0 Å². The Bertz CT molecular complexity index is 159. The van der Waals surface area contributed by atoms with Crippen LogP contribution in [0.1, 0.15) is 19.8 Å². The third kappa shape index (κ3) is 7.33.